The average molecular weight is 219 g/mol. The lowest BCUT2D eigenvalue weighted by atomic mass is 9.77. The molecule has 1 aromatic rings. The fourth-order valence-electron chi connectivity index (χ4n) is 2.37. The Morgan fingerprint density at radius 3 is 2.88 bits per heavy atom. The summed E-state index contributed by atoms with van der Waals surface area (Å²) < 4.78 is 5.71. The molecule has 88 valence electrons. The van der Waals surface area contributed by atoms with Crippen LogP contribution in [-0.4, -0.2) is 13.2 Å². The minimum absolute atomic E-state index is 0.242. The molecule has 2 heteroatoms. The van der Waals surface area contributed by atoms with Crippen molar-refractivity contribution >= 4 is 0 Å². The SMILES string of the molecule is CCC(C)(CN)CC1COc2ccccc21. The highest BCUT2D eigenvalue weighted by molar-refractivity contribution is 5.39. The summed E-state index contributed by atoms with van der Waals surface area (Å²) >= 11 is 0. The Balaban J connectivity index is 2.14. The first-order valence-corrected chi connectivity index (χ1v) is 6.10. The molecule has 0 aliphatic carbocycles. The number of benzene rings is 1. The lowest BCUT2D eigenvalue weighted by Gasteiger charge is -2.29. The molecule has 2 N–H and O–H groups in total. The van der Waals surface area contributed by atoms with E-state index in [-0.39, 0.29) is 5.41 Å². The minimum atomic E-state index is 0.242. The zero-order chi connectivity index (χ0) is 11.6. The number of hydrogen-bond acceptors (Lipinski definition) is 2. The summed E-state index contributed by atoms with van der Waals surface area (Å²) in [5.74, 6) is 1.58. The molecule has 16 heavy (non-hydrogen) atoms. The van der Waals surface area contributed by atoms with E-state index in [1.807, 2.05) is 6.07 Å². The van der Waals surface area contributed by atoms with E-state index >= 15 is 0 Å². The molecule has 0 saturated heterocycles. The number of rotatable bonds is 4. The van der Waals surface area contributed by atoms with Gasteiger partial charge in [-0.3, -0.25) is 0 Å². The molecule has 0 bridgehead atoms. The Hall–Kier alpha value is -1.02. The third kappa shape index (κ3) is 2.07. The second-order valence-corrected chi connectivity index (χ2v) is 5.12. The molecule has 0 aromatic heterocycles. The monoisotopic (exact) mass is 219 g/mol. The van der Waals surface area contributed by atoms with E-state index in [0.717, 1.165) is 31.7 Å². The van der Waals surface area contributed by atoms with E-state index in [9.17, 15) is 0 Å². The molecule has 1 aliphatic rings. The predicted octanol–water partition coefficient (Wildman–Crippen LogP) is 2.93. The summed E-state index contributed by atoms with van der Waals surface area (Å²) in [5, 5.41) is 0. The van der Waals surface area contributed by atoms with Crippen LogP contribution in [0, 0.1) is 5.41 Å². The fourth-order valence-corrected chi connectivity index (χ4v) is 2.37. The average Bonchev–Trinajstić information content (AvgIpc) is 2.73. The van der Waals surface area contributed by atoms with Crippen molar-refractivity contribution in [2.45, 2.75) is 32.6 Å². The number of fused-ring (bicyclic) bond motifs is 1. The van der Waals surface area contributed by atoms with Crippen LogP contribution in [0.15, 0.2) is 24.3 Å². The normalized spacial score (nSPS) is 22.3. The zero-order valence-corrected chi connectivity index (χ0v) is 10.2. The van der Waals surface area contributed by atoms with Crippen LogP contribution in [0.3, 0.4) is 0 Å². The zero-order valence-electron chi connectivity index (χ0n) is 10.2. The summed E-state index contributed by atoms with van der Waals surface area (Å²) in [4.78, 5) is 0. The number of ether oxygens (including phenoxy) is 1. The molecule has 1 aromatic carbocycles. The highest BCUT2D eigenvalue weighted by Crippen LogP contribution is 2.41. The van der Waals surface area contributed by atoms with E-state index in [2.05, 4.69) is 32.0 Å². The number of hydrogen-bond donors (Lipinski definition) is 1. The Kier molecular flexibility index (Phi) is 3.20. The van der Waals surface area contributed by atoms with Gasteiger partial charge in [-0.2, -0.15) is 0 Å². The van der Waals surface area contributed by atoms with E-state index in [1.54, 1.807) is 0 Å². The molecule has 2 atom stereocenters. The maximum Gasteiger partial charge on any atom is 0.122 e. The van der Waals surface area contributed by atoms with Gasteiger partial charge in [0.2, 0.25) is 0 Å². The first-order chi connectivity index (χ1) is 7.68. The van der Waals surface area contributed by atoms with E-state index in [0.29, 0.717) is 5.92 Å². The Bertz CT molecular complexity index is 358. The van der Waals surface area contributed by atoms with Crippen LogP contribution in [0.4, 0.5) is 0 Å². The van der Waals surface area contributed by atoms with Gasteiger partial charge < -0.3 is 10.5 Å². The smallest absolute Gasteiger partial charge is 0.122 e. The second kappa shape index (κ2) is 4.46. The van der Waals surface area contributed by atoms with Gasteiger partial charge in [0.1, 0.15) is 5.75 Å². The summed E-state index contributed by atoms with van der Waals surface area (Å²) in [7, 11) is 0. The quantitative estimate of drug-likeness (QED) is 0.845. The van der Waals surface area contributed by atoms with Gasteiger partial charge in [0.25, 0.3) is 0 Å². The fraction of sp³-hybridized carbons (Fsp3) is 0.571. The van der Waals surface area contributed by atoms with Crippen molar-refractivity contribution in [3.05, 3.63) is 29.8 Å². The largest absolute Gasteiger partial charge is 0.493 e. The van der Waals surface area contributed by atoms with E-state index in [1.165, 1.54) is 5.56 Å². The van der Waals surface area contributed by atoms with Crippen molar-refractivity contribution in [2.75, 3.05) is 13.2 Å². The van der Waals surface area contributed by atoms with Crippen LogP contribution in [0.2, 0.25) is 0 Å². The maximum absolute atomic E-state index is 5.87. The molecule has 2 rings (SSSR count). The molecular formula is C14H21NO. The molecular weight excluding hydrogens is 198 g/mol. The summed E-state index contributed by atoms with van der Waals surface area (Å²) in [5.41, 5.74) is 7.47. The van der Waals surface area contributed by atoms with Crippen molar-refractivity contribution < 1.29 is 4.74 Å². The van der Waals surface area contributed by atoms with Crippen LogP contribution in [0.5, 0.6) is 5.75 Å². The van der Waals surface area contributed by atoms with Crippen molar-refractivity contribution in [3.8, 4) is 5.75 Å². The third-order valence-corrected chi connectivity index (χ3v) is 3.88. The standard InChI is InChI=1S/C14H21NO/c1-3-14(2,10-15)8-11-9-16-13-7-5-4-6-12(11)13/h4-7,11H,3,8-10,15H2,1-2H3. The third-order valence-electron chi connectivity index (χ3n) is 3.88. The van der Waals surface area contributed by atoms with Crippen molar-refractivity contribution in [2.24, 2.45) is 11.1 Å². The Morgan fingerprint density at radius 2 is 2.19 bits per heavy atom. The number of nitrogens with two attached hydrogens (primary N) is 1. The van der Waals surface area contributed by atoms with Crippen molar-refractivity contribution in [3.63, 3.8) is 0 Å². The first-order valence-electron chi connectivity index (χ1n) is 6.10. The van der Waals surface area contributed by atoms with Crippen LogP contribution in [0.1, 0.15) is 38.2 Å². The summed E-state index contributed by atoms with van der Waals surface area (Å²) in [6, 6.07) is 8.36. The van der Waals surface area contributed by atoms with E-state index in [4.69, 9.17) is 10.5 Å². The van der Waals surface area contributed by atoms with Gasteiger partial charge in [-0.15, -0.1) is 0 Å². The molecule has 0 radical (unpaired) electrons. The predicted molar refractivity (Wildman–Crippen MR) is 66.7 cm³/mol. The minimum Gasteiger partial charge on any atom is -0.493 e. The van der Waals surface area contributed by atoms with Gasteiger partial charge in [-0.05, 0) is 30.9 Å². The lowest BCUT2D eigenvalue weighted by Crippen LogP contribution is -2.28. The topological polar surface area (TPSA) is 35.2 Å². The van der Waals surface area contributed by atoms with Gasteiger partial charge in [-0.25, -0.2) is 0 Å². The van der Waals surface area contributed by atoms with Crippen LogP contribution < -0.4 is 10.5 Å². The van der Waals surface area contributed by atoms with Crippen LogP contribution in [-0.2, 0) is 0 Å². The molecule has 0 fully saturated rings. The van der Waals surface area contributed by atoms with Gasteiger partial charge in [0, 0.05) is 11.5 Å². The van der Waals surface area contributed by atoms with Crippen LogP contribution in [0.25, 0.3) is 0 Å². The highest BCUT2D eigenvalue weighted by Gasteiger charge is 2.31. The van der Waals surface area contributed by atoms with Crippen molar-refractivity contribution in [1.82, 2.24) is 0 Å². The molecule has 0 amide bonds. The summed E-state index contributed by atoms with van der Waals surface area (Å²) in [6.07, 6.45) is 2.25. The number of para-hydroxylation sites is 1. The van der Waals surface area contributed by atoms with Crippen molar-refractivity contribution in [1.29, 1.82) is 0 Å². The highest BCUT2D eigenvalue weighted by atomic mass is 16.5. The molecule has 2 nitrogen and oxygen atoms in total. The Labute approximate surface area is 97.8 Å². The van der Waals surface area contributed by atoms with Crippen LogP contribution >= 0.6 is 0 Å². The Morgan fingerprint density at radius 1 is 1.44 bits per heavy atom. The van der Waals surface area contributed by atoms with Gasteiger partial charge in [0.15, 0.2) is 0 Å². The lowest BCUT2D eigenvalue weighted by molar-refractivity contribution is 0.239. The van der Waals surface area contributed by atoms with Gasteiger partial charge >= 0.3 is 0 Å². The van der Waals surface area contributed by atoms with Gasteiger partial charge in [0.05, 0.1) is 6.61 Å². The second-order valence-electron chi connectivity index (χ2n) is 5.12. The molecule has 0 saturated carbocycles. The maximum atomic E-state index is 5.87. The molecule has 2 unspecified atom stereocenters. The first kappa shape index (κ1) is 11.5. The molecule has 1 aliphatic heterocycles. The summed E-state index contributed by atoms with van der Waals surface area (Å²) in [6.45, 7) is 6.06. The van der Waals surface area contributed by atoms with Gasteiger partial charge in [-0.1, -0.05) is 32.0 Å². The van der Waals surface area contributed by atoms with E-state index < -0.39 is 0 Å². The molecule has 1 heterocycles. The molecule has 0 spiro atoms.